The molecule has 3 aromatic rings. The van der Waals surface area contributed by atoms with Crippen LogP contribution >= 0.6 is 0 Å². The Kier molecular flexibility index (Phi) is 2.91. The van der Waals surface area contributed by atoms with Gasteiger partial charge in [-0.3, -0.25) is 5.10 Å². The van der Waals surface area contributed by atoms with Crippen molar-refractivity contribution < 1.29 is 0 Å². The maximum Gasteiger partial charge on any atom is 0.156 e. The average molecular weight is 281 g/mol. The lowest BCUT2D eigenvalue weighted by Crippen LogP contribution is -2.06. The van der Waals surface area contributed by atoms with Crippen LogP contribution < -0.4 is 5.73 Å². The highest BCUT2D eigenvalue weighted by Crippen LogP contribution is 2.38. The van der Waals surface area contributed by atoms with Crippen LogP contribution in [0.25, 0.3) is 22.4 Å². The van der Waals surface area contributed by atoms with Gasteiger partial charge in [0.15, 0.2) is 5.82 Å². The predicted octanol–water partition coefficient (Wildman–Crippen LogP) is 3.58. The zero-order valence-electron chi connectivity index (χ0n) is 11.9. The van der Waals surface area contributed by atoms with Crippen LogP contribution in [0.1, 0.15) is 43.7 Å². The minimum absolute atomic E-state index is 0.520. The lowest BCUT2D eigenvalue weighted by atomic mass is 9.85. The summed E-state index contributed by atoms with van der Waals surface area (Å²) >= 11 is 0. The number of anilines is 1. The number of benzene rings is 1. The van der Waals surface area contributed by atoms with E-state index in [9.17, 15) is 0 Å². The van der Waals surface area contributed by atoms with E-state index in [-0.39, 0.29) is 0 Å². The Morgan fingerprint density at radius 3 is 2.71 bits per heavy atom. The summed E-state index contributed by atoms with van der Waals surface area (Å²) in [7, 11) is 0. The standard InChI is InChI=1S/C16H19N5/c17-15-13(14(20-21-15)10-6-2-1-3-7-10)16-18-11-8-4-5-9-12(11)19-16/h4-5,8-10H,1-3,6-7H2,(H,18,19)(H3,17,20,21). The van der Waals surface area contributed by atoms with Crippen LogP contribution in [0.3, 0.4) is 0 Å². The molecular formula is C16H19N5. The van der Waals surface area contributed by atoms with Gasteiger partial charge in [0.2, 0.25) is 0 Å². The van der Waals surface area contributed by atoms with Gasteiger partial charge in [-0.05, 0) is 25.0 Å². The van der Waals surface area contributed by atoms with Crippen molar-refractivity contribution in [3.05, 3.63) is 30.0 Å². The highest BCUT2D eigenvalue weighted by Gasteiger charge is 2.24. The number of fused-ring (bicyclic) bond motifs is 1. The van der Waals surface area contributed by atoms with Gasteiger partial charge in [0.25, 0.3) is 0 Å². The number of rotatable bonds is 2. The van der Waals surface area contributed by atoms with Crippen molar-refractivity contribution in [2.75, 3.05) is 5.73 Å². The molecule has 0 spiro atoms. The van der Waals surface area contributed by atoms with E-state index in [4.69, 9.17) is 5.73 Å². The number of nitrogens with zero attached hydrogens (tertiary/aromatic N) is 2. The lowest BCUT2D eigenvalue weighted by Gasteiger charge is -2.21. The number of H-pyrrole nitrogens is 2. The molecule has 21 heavy (non-hydrogen) atoms. The molecule has 4 N–H and O–H groups in total. The van der Waals surface area contributed by atoms with Crippen LogP contribution in [0.15, 0.2) is 24.3 Å². The summed E-state index contributed by atoms with van der Waals surface area (Å²) < 4.78 is 0. The molecule has 0 unspecified atom stereocenters. The number of hydrogen-bond acceptors (Lipinski definition) is 3. The van der Waals surface area contributed by atoms with Crippen LogP contribution in [0.5, 0.6) is 0 Å². The maximum absolute atomic E-state index is 6.10. The normalized spacial score (nSPS) is 16.6. The number of nitrogens with one attached hydrogen (secondary N) is 2. The number of hydrogen-bond donors (Lipinski definition) is 3. The molecule has 108 valence electrons. The number of para-hydroxylation sites is 2. The summed E-state index contributed by atoms with van der Waals surface area (Å²) in [5.74, 6) is 1.88. The molecule has 1 aliphatic carbocycles. The van der Waals surface area contributed by atoms with Crippen molar-refractivity contribution in [3.63, 3.8) is 0 Å². The molecule has 0 atom stereocenters. The van der Waals surface area contributed by atoms with Crippen molar-refractivity contribution in [1.29, 1.82) is 0 Å². The maximum atomic E-state index is 6.10. The number of nitrogens with two attached hydrogens (primary N) is 1. The molecule has 0 aliphatic heterocycles. The van der Waals surface area contributed by atoms with Crippen LogP contribution in [-0.4, -0.2) is 20.2 Å². The topological polar surface area (TPSA) is 83.4 Å². The van der Waals surface area contributed by atoms with Crippen molar-refractivity contribution in [1.82, 2.24) is 20.2 Å². The average Bonchev–Trinajstić information content (AvgIpc) is 3.11. The molecule has 1 saturated carbocycles. The summed E-state index contributed by atoms with van der Waals surface area (Å²) in [4.78, 5) is 8.04. The van der Waals surface area contributed by atoms with Crippen LogP contribution in [0.4, 0.5) is 5.82 Å². The van der Waals surface area contributed by atoms with E-state index >= 15 is 0 Å². The van der Waals surface area contributed by atoms with Gasteiger partial charge >= 0.3 is 0 Å². The number of nitrogen functional groups attached to an aromatic ring is 1. The Balaban J connectivity index is 1.81. The third kappa shape index (κ3) is 2.09. The van der Waals surface area contributed by atoms with E-state index in [0.29, 0.717) is 11.7 Å². The molecule has 0 bridgehead atoms. The van der Waals surface area contributed by atoms with Crippen LogP contribution in [0.2, 0.25) is 0 Å². The molecule has 0 amide bonds. The van der Waals surface area contributed by atoms with Gasteiger partial charge in [-0.25, -0.2) is 4.98 Å². The SMILES string of the molecule is Nc1n[nH]c(C2CCCCC2)c1-c1nc2ccccc2[nH]1. The summed E-state index contributed by atoms with van der Waals surface area (Å²) in [6, 6.07) is 8.03. The molecule has 4 rings (SSSR count). The fourth-order valence-corrected chi connectivity index (χ4v) is 3.38. The molecule has 1 aromatic carbocycles. The molecule has 5 heteroatoms. The first-order valence-electron chi connectivity index (χ1n) is 7.62. The van der Waals surface area contributed by atoms with Crippen LogP contribution in [-0.2, 0) is 0 Å². The Hall–Kier alpha value is -2.30. The lowest BCUT2D eigenvalue weighted by molar-refractivity contribution is 0.437. The molecule has 0 radical (unpaired) electrons. The Bertz CT molecular complexity index is 731. The van der Waals surface area contributed by atoms with E-state index in [2.05, 4.69) is 20.2 Å². The number of aromatic amines is 2. The second-order valence-electron chi connectivity index (χ2n) is 5.84. The molecule has 2 heterocycles. The fraction of sp³-hybridized carbons (Fsp3) is 0.375. The third-order valence-electron chi connectivity index (χ3n) is 4.46. The third-order valence-corrected chi connectivity index (χ3v) is 4.46. The molecule has 1 aliphatic rings. The van der Waals surface area contributed by atoms with E-state index in [1.54, 1.807) is 0 Å². The van der Waals surface area contributed by atoms with E-state index < -0.39 is 0 Å². The van der Waals surface area contributed by atoms with E-state index in [0.717, 1.165) is 28.1 Å². The van der Waals surface area contributed by atoms with Gasteiger partial charge in [0, 0.05) is 5.92 Å². The minimum atomic E-state index is 0.520. The van der Waals surface area contributed by atoms with Gasteiger partial charge in [0.05, 0.1) is 22.3 Å². The zero-order chi connectivity index (χ0) is 14.2. The fourth-order valence-electron chi connectivity index (χ4n) is 3.38. The summed E-state index contributed by atoms with van der Waals surface area (Å²) in [6.07, 6.45) is 6.30. The molecule has 2 aromatic heterocycles. The summed E-state index contributed by atoms with van der Waals surface area (Å²) in [6.45, 7) is 0. The molecular weight excluding hydrogens is 262 g/mol. The molecule has 1 fully saturated rings. The van der Waals surface area contributed by atoms with E-state index in [1.165, 1.54) is 32.1 Å². The quantitative estimate of drug-likeness (QED) is 0.671. The smallest absolute Gasteiger partial charge is 0.156 e. The van der Waals surface area contributed by atoms with Crippen LogP contribution in [0, 0.1) is 0 Å². The first-order chi connectivity index (χ1) is 10.3. The van der Waals surface area contributed by atoms with E-state index in [1.807, 2.05) is 24.3 Å². The zero-order valence-corrected chi connectivity index (χ0v) is 11.9. The van der Waals surface area contributed by atoms with Gasteiger partial charge < -0.3 is 10.7 Å². The van der Waals surface area contributed by atoms with Crippen molar-refractivity contribution >= 4 is 16.9 Å². The molecule has 0 saturated heterocycles. The van der Waals surface area contributed by atoms with Gasteiger partial charge in [-0.2, -0.15) is 5.10 Å². The Labute approximate surface area is 123 Å². The van der Waals surface area contributed by atoms with Crippen molar-refractivity contribution in [3.8, 4) is 11.4 Å². The summed E-state index contributed by atoms with van der Waals surface area (Å²) in [5.41, 5.74) is 10.2. The monoisotopic (exact) mass is 281 g/mol. The predicted molar refractivity (Wildman–Crippen MR) is 83.9 cm³/mol. The first kappa shape index (κ1) is 12.4. The second kappa shape index (κ2) is 4.91. The van der Waals surface area contributed by atoms with Crippen molar-refractivity contribution in [2.45, 2.75) is 38.0 Å². The Morgan fingerprint density at radius 1 is 1.10 bits per heavy atom. The number of aromatic nitrogens is 4. The highest BCUT2D eigenvalue weighted by molar-refractivity contribution is 5.82. The van der Waals surface area contributed by atoms with Gasteiger partial charge in [-0.1, -0.05) is 31.4 Å². The second-order valence-corrected chi connectivity index (χ2v) is 5.84. The number of imidazole rings is 1. The Morgan fingerprint density at radius 2 is 1.90 bits per heavy atom. The summed E-state index contributed by atoms with van der Waals surface area (Å²) in [5, 5.41) is 7.38. The highest BCUT2D eigenvalue weighted by atomic mass is 15.2. The van der Waals surface area contributed by atoms with Crippen molar-refractivity contribution in [2.24, 2.45) is 0 Å². The largest absolute Gasteiger partial charge is 0.382 e. The van der Waals surface area contributed by atoms with Gasteiger partial charge in [-0.15, -0.1) is 0 Å². The minimum Gasteiger partial charge on any atom is -0.382 e. The first-order valence-corrected chi connectivity index (χ1v) is 7.62. The van der Waals surface area contributed by atoms with Gasteiger partial charge in [0.1, 0.15) is 5.82 Å². The molecule has 5 nitrogen and oxygen atoms in total.